The van der Waals surface area contributed by atoms with E-state index >= 15 is 8.78 Å². The largest absolute Gasteiger partial charge is 0.481 e. The first-order valence-electron chi connectivity index (χ1n) is 12.9. The minimum Gasteiger partial charge on any atom is -0.481 e. The van der Waals surface area contributed by atoms with Crippen LogP contribution in [0.4, 0.5) is 8.78 Å². The molecule has 3 unspecified atom stereocenters. The van der Waals surface area contributed by atoms with Gasteiger partial charge in [-0.15, -0.1) is 0 Å². The second kappa shape index (κ2) is 11.2. The second-order valence-electron chi connectivity index (χ2n) is 11.4. The van der Waals surface area contributed by atoms with E-state index in [9.17, 15) is 15.2 Å². The highest BCUT2D eigenvalue weighted by Gasteiger charge is 2.45. The van der Waals surface area contributed by atoms with Gasteiger partial charge in [-0.05, 0) is 69.1 Å². The van der Waals surface area contributed by atoms with Crippen LogP contribution < -0.4 is 4.74 Å². The van der Waals surface area contributed by atoms with E-state index in [2.05, 4.69) is 6.07 Å². The first-order chi connectivity index (χ1) is 17.3. The molecule has 7 heteroatoms. The van der Waals surface area contributed by atoms with E-state index in [4.69, 9.17) is 9.47 Å². The predicted octanol–water partition coefficient (Wildman–Crippen LogP) is 7.26. The molecule has 0 bridgehead atoms. The molecule has 5 nitrogen and oxygen atoms in total. The van der Waals surface area contributed by atoms with Crippen molar-refractivity contribution in [2.24, 2.45) is 5.41 Å². The van der Waals surface area contributed by atoms with E-state index in [1.165, 1.54) is 12.1 Å². The van der Waals surface area contributed by atoms with Gasteiger partial charge in [0.1, 0.15) is 17.4 Å². The van der Waals surface area contributed by atoms with Crippen LogP contribution in [0.15, 0.2) is 36.4 Å². The maximum Gasteiger partial charge on any atom is 0.309 e. The Morgan fingerprint density at radius 2 is 1.70 bits per heavy atom. The highest BCUT2D eigenvalue weighted by atomic mass is 19.1. The number of ether oxygens (including phenoxy) is 2. The van der Waals surface area contributed by atoms with E-state index in [0.717, 1.165) is 18.4 Å². The molecule has 1 saturated heterocycles. The number of nitrogens with zero attached hydrogens (tertiary/aromatic N) is 1. The molecule has 0 aliphatic carbocycles. The number of aliphatic carboxylic acids is 1. The van der Waals surface area contributed by atoms with Crippen LogP contribution in [-0.4, -0.2) is 24.0 Å². The predicted molar refractivity (Wildman–Crippen MR) is 137 cm³/mol. The van der Waals surface area contributed by atoms with Gasteiger partial charge >= 0.3 is 5.97 Å². The topological polar surface area (TPSA) is 79.6 Å². The van der Waals surface area contributed by atoms with Gasteiger partial charge in [-0.3, -0.25) is 4.79 Å². The molecule has 0 spiro atoms. The van der Waals surface area contributed by atoms with Crippen LogP contribution in [0.3, 0.4) is 0 Å². The normalized spacial score (nSPS) is 19.4. The van der Waals surface area contributed by atoms with Gasteiger partial charge in [0, 0.05) is 29.5 Å². The number of benzene rings is 2. The highest BCUT2D eigenvalue weighted by Crippen LogP contribution is 2.49. The third kappa shape index (κ3) is 6.48. The Balaban J connectivity index is 2.06. The van der Waals surface area contributed by atoms with Crippen LogP contribution in [0, 0.1) is 28.4 Å². The Bertz CT molecular complexity index is 1130. The molecule has 37 heavy (non-hydrogen) atoms. The van der Waals surface area contributed by atoms with Crippen molar-refractivity contribution in [2.75, 3.05) is 6.61 Å². The Morgan fingerprint density at radius 1 is 1.08 bits per heavy atom. The van der Waals surface area contributed by atoms with Gasteiger partial charge in [0.15, 0.2) is 6.29 Å². The van der Waals surface area contributed by atoms with Crippen LogP contribution in [-0.2, 0) is 20.4 Å². The number of carbonyl (C=O) groups is 1. The lowest BCUT2D eigenvalue weighted by molar-refractivity contribution is -0.148. The van der Waals surface area contributed by atoms with Crippen molar-refractivity contribution >= 4 is 5.97 Å². The van der Waals surface area contributed by atoms with Gasteiger partial charge in [-0.25, -0.2) is 8.78 Å². The zero-order chi connectivity index (χ0) is 27.4. The van der Waals surface area contributed by atoms with Gasteiger partial charge in [-0.1, -0.05) is 32.9 Å². The van der Waals surface area contributed by atoms with Gasteiger partial charge in [0.2, 0.25) is 0 Å². The van der Waals surface area contributed by atoms with Crippen molar-refractivity contribution in [1.82, 2.24) is 0 Å². The van der Waals surface area contributed by atoms with Crippen molar-refractivity contribution in [1.29, 1.82) is 5.26 Å². The van der Waals surface area contributed by atoms with Crippen LogP contribution in [0.25, 0.3) is 0 Å². The van der Waals surface area contributed by atoms with E-state index in [0.29, 0.717) is 31.4 Å². The molecule has 1 N–H and O–H groups in total. The Hall–Kier alpha value is -2.98. The van der Waals surface area contributed by atoms with Gasteiger partial charge in [0.25, 0.3) is 0 Å². The second-order valence-corrected chi connectivity index (χ2v) is 11.4. The van der Waals surface area contributed by atoms with Gasteiger partial charge in [0.05, 0.1) is 23.7 Å². The summed E-state index contributed by atoms with van der Waals surface area (Å²) in [6, 6.07) is 11.6. The highest BCUT2D eigenvalue weighted by molar-refractivity contribution is 5.73. The molecule has 200 valence electrons. The zero-order valence-corrected chi connectivity index (χ0v) is 22.4. The fourth-order valence-corrected chi connectivity index (χ4v) is 5.68. The first kappa shape index (κ1) is 28.6. The summed E-state index contributed by atoms with van der Waals surface area (Å²) in [6.07, 6.45) is 2.89. The smallest absolute Gasteiger partial charge is 0.309 e. The average Bonchev–Trinajstić information content (AvgIpc) is 2.83. The quantitative estimate of drug-likeness (QED) is 0.362. The van der Waals surface area contributed by atoms with E-state index < -0.39 is 40.1 Å². The number of carboxylic acid groups (broad SMARTS) is 1. The summed E-state index contributed by atoms with van der Waals surface area (Å²) in [5.41, 5.74) is -1.66. The van der Waals surface area contributed by atoms with Crippen LogP contribution in [0.5, 0.6) is 5.75 Å². The molecular weight excluding hydrogens is 476 g/mol. The molecule has 0 aromatic heterocycles. The summed E-state index contributed by atoms with van der Waals surface area (Å²) in [5.74, 6) is -2.53. The minimum atomic E-state index is -1.24. The first-order valence-corrected chi connectivity index (χ1v) is 12.9. The number of hydrogen-bond acceptors (Lipinski definition) is 4. The van der Waals surface area contributed by atoms with E-state index in [1.807, 2.05) is 26.0 Å². The monoisotopic (exact) mass is 513 g/mol. The molecule has 2 aromatic rings. The van der Waals surface area contributed by atoms with Crippen LogP contribution >= 0.6 is 0 Å². The standard InChI is InChI=1S/C30H37F2NO4/c1-6-29(4,21-12-10-20(17-33)11-13-21)19-30(5,18-28(2,3)27(34)35)26-23(31)15-22(16-24(26)32)37-25-9-7-8-14-36-25/h10-13,15-16,25H,6-9,14,18-19H2,1-5H3,(H,34,35). The number of halogens is 2. The lowest BCUT2D eigenvalue weighted by Crippen LogP contribution is -2.41. The van der Waals surface area contributed by atoms with Gasteiger partial charge < -0.3 is 14.6 Å². The Labute approximate surface area is 218 Å². The third-order valence-electron chi connectivity index (χ3n) is 7.71. The molecule has 0 radical (unpaired) electrons. The molecule has 1 aliphatic heterocycles. The SMILES string of the molecule is CCC(C)(CC(C)(CC(C)(C)C(=O)O)c1c(F)cc(OC2CCCCO2)cc1F)c1ccc(C#N)cc1. The van der Waals surface area contributed by atoms with Crippen molar-refractivity contribution in [2.45, 2.75) is 90.3 Å². The molecule has 1 aliphatic rings. The lowest BCUT2D eigenvalue weighted by Gasteiger charge is -2.43. The summed E-state index contributed by atoms with van der Waals surface area (Å²) >= 11 is 0. The lowest BCUT2D eigenvalue weighted by atomic mass is 9.60. The Kier molecular flexibility index (Phi) is 8.64. The number of rotatable bonds is 10. The van der Waals surface area contributed by atoms with E-state index in [1.54, 1.807) is 32.9 Å². The summed E-state index contributed by atoms with van der Waals surface area (Å²) < 4.78 is 42.8. The fraction of sp³-hybridized carbons (Fsp3) is 0.533. The third-order valence-corrected chi connectivity index (χ3v) is 7.71. The molecular formula is C30H37F2NO4. The zero-order valence-electron chi connectivity index (χ0n) is 22.4. The molecule has 3 rings (SSSR count). The average molecular weight is 514 g/mol. The number of carboxylic acids is 1. The fourth-order valence-electron chi connectivity index (χ4n) is 5.68. The minimum absolute atomic E-state index is 0.0149. The van der Waals surface area contributed by atoms with E-state index in [-0.39, 0.29) is 17.7 Å². The molecule has 3 atom stereocenters. The van der Waals surface area contributed by atoms with Crippen molar-refractivity contribution in [3.63, 3.8) is 0 Å². The number of hydrogen-bond donors (Lipinski definition) is 1. The summed E-state index contributed by atoms with van der Waals surface area (Å²) in [4.78, 5) is 12.1. The van der Waals surface area contributed by atoms with Crippen LogP contribution in [0.1, 0.15) is 89.8 Å². The summed E-state index contributed by atoms with van der Waals surface area (Å²) in [5, 5.41) is 19.1. The summed E-state index contributed by atoms with van der Waals surface area (Å²) in [6.45, 7) is 9.43. The Morgan fingerprint density at radius 3 is 2.19 bits per heavy atom. The van der Waals surface area contributed by atoms with Crippen molar-refractivity contribution in [3.05, 3.63) is 64.7 Å². The molecule has 2 aromatic carbocycles. The van der Waals surface area contributed by atoms with Crippen LogP contribution in [0.2, 0.25) is 0 Å². The van der Waals surface area contributed by atoms with Crippen molar-refractivity contribution in [3.8, 4) is 11.8 Å². The maximum atomic E-state index is 15.8. The van der Waals surface area contributed by atoms with Crippen molar-refractivity contribution < 1.29 is 28.2 Å². The summed E-state index contributed by atoms with van der Waals surface area (Å²) in [7, 11) is 0. The molecule has 1 fully saturated rings. The molecule has 1 heterocycles. The maximum absolute atomic E-state index is 15.8. The molecule has 0 saturated carbocycles. The van der Waals surface area contributed by atoms with Gasteiger partial charge in [-0.2, -0.15) is 5.26 Å². The molecule has 0 amide bonds. The number of nitriles is 1.